The van der Waals surface area contributed by atoms with Gasteiger partial charge in [-0.25, -0.2) is 10.9 Å². The fraction of sp³-hybridized carbons (Fsp3) is 1.00. The van der Waals surface area contributed by atoms with Crippen LogP contribution in [0.1, 0.15) is 6.92 Å². The number of rotatable bonds is 2. The Balaban J connectivity index is 1.69. The SMILES string of the molecule is CC1C[SH]1CC1CO1. The largest absolute Gasteiger partial charge is 0.372 e. The van der Waals surface area contributed by atoms with Gasteiger partial charge in [-0.1, -0.05) is 6.92 Å². The molecule has 3 atom stereocenters. The first kappa shape index (κ1) is 5.12. The third-order valence-corrected chi connectivity index (χ3v) is 4.68. The van der Waals surface area contributed by atoms with Gasteiger partial charge in [-0.3, -0.25) is 0 Å². The third-order valence-electron chi connectivity index (χ3n) is 1.83. The smallest absolute Gasteiger partial charge is 0.0883 e. The fourth-order valence-corrected chi connectivity index (χ4v) is 3.16. The minimum absolute atomic E-state index is 0.486. The van der Waals surface area contributed by atoms with Crippen molar-refractivity contribution in [2.45, 2.75) is 18.3 Å². The summed E-state index contributed by atoms with van der Waals surface area (Å²) in [6, 6.07) is 0. The molecule has 0 aromatic rings. The Kier molecular flexibility index (Phi) is 1.05. The summed E-state index contributed by atoms with van der Waals surface area (Å²) in [5.41, 5.74) is 0. The van der Waals surface area contributed by atoms with Crippen LogP contribution in [0.4, 0.5) is 0 Å². The standard InChI is InChI=1S/C6H12OS/c1-5-3-8(5)4-6-2-7-6/h5-6,8H,2-4H2,1H3. The molecule has 2 aliphatic rings. The highest BCUT2D eigenvalue weighted by atomic mass is 32.2. The lowest BCUT2D eigenvalue weighted by atomic mass is 10.6. The lowest BCUT2D eigenvalue weighted by Gasteiger charge is -1.92. The van der Waals surface area contributed by atoms with Gasteiger partial charge >= 0.3 is 0 Å². The molecule has 0 N–H and O–H groups in total. The van der Waals surface area contributed by atoms with Crippen LogP contribution >= 0.6 is 10.9 Å². The zero-order valence-corrected chi connectivity index (χ0v) is 6.03. The van der Waals surface area contributed by atoms with Crippen molar-refractivity contribution < 1.29 is 4.74 Å². The molecule has 2 saturated heterocycles. The van der Waals surface area contributed by atoms with Crippen molar-refractivity contribution in [2.24, 2.45) is 0 Å². The molecule has 2 aliphatic heterocycles. The minimum atomic E-state index is 0.486. The molecule has 0 aromatic carbocycles. The quantitative estimate of drug-likeness (QED) is 0.433. The summed E-state index contributed by atoms with van der Waals surface area (Å²) >= 11 is 0. The Labute approximate surface area is 52.8 Å². The van der Waals surface area contributed by atoms with Gasteiger partial charge < -0.3 is 4.74 Å². The zero-order valence-electron chi connectivity index (χ0n) is 5.13. The predicted molar refractivity (Wildman–Crippen MR) is 37.9 cm³/mol. The molecule has 0 aliphatic carbocycles. The van der Waals surface area contributed by atoms with Gasteiger partial charge in [-0.2, -0.15) is 0 Å². The Morgan fingerprint density at radius 2 is 2.38 bits per heavy atom. The maximum atomic E-state index is 5.12. The van der Waals surface area contributed by atoms with E-state index in [9.17, 15) is 0 Å². The first-order valence-corrected chi connectivity index (χ1v) is 5.00. The van der Waals surface area contributed by atoms with Crippen LogP contribution in [-0.2, 0) is 4.74 Å². The van der Waals surface area contributed by atoms with Crippen LogP contribution < -0.4 is 0 Å². The van der Waals surface area contributed by atoms with Crippen LogP contribution in [0, 0.1) is 0 Å². The molecule has 0 bridgehead atoms. The molecule has 0 amide bonds. The van der Waals surface area contributed by atoms with Crippen LogP contribution in [0.5, 0.6) is 0 Å². The second kappa shape index (κ2) is 1.64. The molecule has 8 heavy (non-hydrogen) atoms. The first-order valence-electron chi connectivity index (χ1n) is 3.22. The molecule has 3 unspecified atom stereocenters. The van der Waals surface area contributed by atoms with E-state index in [0.29, 0.717) is 17.0 Å². The first-order chi connectivity index (χ1) is 3.86. The van der Waals surface area contributed by atoms with Crippen molar-refractivity contribution in [1.29, 1.82) is 0 Å². The number of thiol groups is 1. The van der Waals surface area contributed by atoms with E-state index in [2.05, 4.69) is 6.92 Å². The monoisotopic (exact) mass is 132 g/mol. The van der Waals surface area contributed by atoms with E-state index in [-0.39, 0.29) is 0 Å². The molecule has 1 nitrogen and oxygen atoms in total. The van der Waals surface area contributed by atoms with Crippen molar-refractivity contribution in [3.63, 3.8) is 0 Å². The van der Waals surface area contributed by atoms with Crippen molar-refractivity contribution in [3.8, 4) is 0 Å². The Morgan fingerprint density at radius 1 is 1.75 bits per heavy atom. The van der Waals surface area contributed by atoms with E-state index in [1.54, 1.807) is 0 Å². The van der Waals surface area contributed by atoms with Gasteiger partial charge in [0.25, 0.3) is 0 Å². The highest BCUT2D eigenvalue weighted by Gasteiger charge is 2.35. The van der Waals surface area contributed by atoms with Gasteiger partial charge in [0, 0.05) is 5.75 Å². The molecule has 0 spiro atoms. The molecule has 2 rings (SSSR count). The highest BCUT2D eigenvalue weighted by molar-refractivity contribution is 8.23. The van der Waals surface area contributed by atoms with Crippen molar-refractivity contribution >= 4 is 10.9 Å². The van der Waals surface area contributed by atoms with Crippen molar-refractivity contribution in [3.05, 3.63) is 0 Å². The summed E-state index contributed by atoms with van der Waals surface area (Å²) in [7, 11) is 0.486. The fourth-order valence-electron chi connectivity index (χ4n) is 0.982. The number of epoxide rings is 1. The van der Waals surface area contributed by atoms with Gasteiger partial charge in [0.05, 0.1) is 12.7 Å². The topological polar surface area (TPSA) is 12.5 Å². The van der Waals surface area contributed by atoms with Crippen LogP contribution in [-0.4, -0.2) is 29.5 Å². The van der Waals surface area contributed by atoms with E-state index < -0.39 is 0 Å². The Hall–Kier alpha value is 0.310. The van der Waals surface area contributed by atoms with Crippen LogP contribution in [0.25, 0.3) is 0 Å². The second-order valence-electron chi connectivity index (χ2n) is 2.76. The van der Waals surface area contributed by atoms with Gasteiger partial charge in [-0.15, -0.1) is 0 Å². The van der Waals surface area contributed by atoms with E-state index in [0.717, 1.165) is 11.9 Å². The Bertz CT molecular complexity index is 101. The van der Waals surface area contributed by atoms with Crippen LogP contribution in [0.3, 0.4) is 0 Å². The van der Waals surface area contributed by atoms with Crippen LogP contribution in [0.15, 0.2) is 0 Å². The molecule has 48 valence electrons. The maximum Gasteiger partial charge on any atom is 0.0883 e. The average Bonchev–Trinajstić information content (AvgIpc) is 2.52. The molecule has 0 radical (unpaired) electrons. The lowest BCUT2D eigenvalue weighted by molar-refractivity contribution is 0.426. The molecule has 2 heterocycles. The minimum Gasteiger partial charge on any atom is -0.372 e. The molecular weight excluding hydrogens is 120 g/mol. The van der Waals surface area contributed by atoms with Gasteiger partial charge in [0.2, 0.25) is 0 Å². The van der Waals surface area contributed by atoms with Crippen LogP contribution in [0.2, 0.25) is 0 Å². The van der Waals surface area contributed by atoms with Crippen molar-refractivity contribution in [2.75, 3.05) is 18.1 Å². The molecule has 0 aromatic heterocycles. The summed E-state index contributed by atoms with van der Waals surface area (Å²) in [5, 5.41) is 1.08. The molecule has 2 fully saturated rings. The predicted octanol–water partition coefficient (Wildman–Crippen LogP) is 0.788. The van der Waals surface area contributed by atoms with Gasteiger partial charge in [0.15, 0.2) is 0 Å². The normalized spacial score (nSPS) is 55.9. The second-order valence-corrected chi connectivity index (χ2v) is 5.55. The molecule has 0 saturated carbocycles. The van der Waals surface area contributed by atoms with Gasteiger partial charge in [0.1, 0.15) is 0 Å². The summed E-state index contributed by atoms with van der Waals surface area (Å²) < 4.78 is 5.12. The van der Waals surface area contributed by atoms with E-state index in [1.807, 2.05) is 0 Å². The summed E-state index contributed by atoms with van der Waals surface area (Å²) in [4.78, 5) is 0. The zero-order chi connectivity index (χ0) is 5.56. The Morgan fingerprint density at radius 3 is 2.75 bits per heavy atom. The lowest BCUT2D eigenvalue weighted by Crippen LogP contribution is -1.87. The van der Waals surface area contributed by atoms with E-state index >= 15 is 0 Å². The summed E-state index contributed by atoms with van der Waals surface area (Å²) in [6.45, 7) is 3.42. The number of hydrogen-bond acceptors (Lipinski definition) is 1. The van der Waals surface area contributed by atoms with Gasteiger partial charge in [-0.05, 0) is 11.0 Å². The molecule has 2 heteroatoms. The average molecular weight is 132 g/mol. The highest BCUT2D eigenvalue weighted by Crippen LogP contribution is 2.50. The number of ether oxygens (including phenoxy) is 1. The van der Waals surface area contributed by atoms with Crippen molar-refractivity contribution in [1.82, 2.24) is 0 Å². The third kappa shape index (κ3) is 1.00. The number of hydrogen-bond donors (Lipinski definition) is 1. The van der Waals surface area contributed by atoms with E-state index in [1.165, 1.54) is 11.5 Å². The maximum absolute atomic E-state index is 5.12. The summed E-state index contributed by atoms with van der Waals surface area (Å²) in [6.07, 6.45) is 0.700. The summed E-state index contributed by atoms with van der Waals surface area (Å²) in [5.74, 6) is 2.94. The van der Waals surface area contributed by atoms with E-state index in [4.69, 9.17) is 4.74 Å². The molecular formula is C6H12OS.